The first-order chi connectivity index (χ1) is 11.0. The molecule has 0 unspecified atom stereocenters. The van der Waals surface area contributed by atoms with Crippen molar-refractivity contribution in [2.24, 2.45) is 0 Å². The van der Waals surface area contributed by atoms with E-state index in [2.05, 4.69) is 5.32 Å². The standard InChI is InChI=1S/C18H23NO4/c1-12-9-14-11-16(23-15(14)10-13(12)2)18(22)19-8-6-4-3-5-7-17(20)21/h9-11H,3-8H2,1-2H3,(H,19,22)(H,20,21). The van der Waals surface area contributed by atoms with Gasteiger partial charge in [-0.1, -0.05) is 12.8 Å². The SMILES string of the molecule is Cc1cc2cc(C(=O)NCCCCCCC(=O)O)oc2cc1C. The Kier molecular flexibility index (Phi) is 5.79. The third kappa shape index (κ3) is 4.84. The van der Waals surface area contributed by atoms with Gasteiger partial charge in [-0.15, -0.1) is 0 Å². The highest BCUT2D eigenvalue weighted by Crippen LogP contribution is 2.23. The van der Waals surface area contributed by atoms with Crippen molar-refractivity contribution in [2.45, 2.75) is 46.0 Å². The highest BCUT2D eigenvalue weighted by Gasteiger charge is 2.12. The first-order valence-corrected chi connectivity index (χ1v) is 7.98. The van der Waals surface area contributed by atoms with Gasteiger partial charge in [0, 0.05) is 18.4 Å². The lowest BCUT2D eigenvalue weighted by atomic mass is 10.1. The van der Waals surface area contributed by atoms with E-state index in [-0.39, 0.29) is 12.3 Å². The minimum Gasteiger partial charge on any atom is -0.481 e. The number of unbranched alkanes of at least 4 members (excludes halogenated alkanes) is 3. The van der Waals surface area contributed by atoms with Crippen LogP contribution in [-0.4, -0.2) is 23.5 Å². The third-order valence-electron chi connectivity index (χ3n) is 3.96. The summed E-state index contributed by atoms with van der Waals surface area (Å²) in [7, 11) is 0. The van der Waals surface area contributed by atoms with E-state index in [1.165, 1.54) is 5.56 Å². The molecule has 0 aliphatic carbocycles. The lowest BCUT2D eigenvalue weighted by Crippen LogP contribution is -2.23. The predicted octanol–water partition coefficient (Wildman–Crippen LogP) is 3.81. The molecule has 1 aromatic carbocycles. The third-order valence-corrected chi connectivity index (χ3v) is 3.96. The number of fused-ring (bicyclic) bond motifs is 1. The number of carboxylic acid groups (broad SMARTS) is 1. The fraction of sp³-hybridized carbons (Fsp3) is 0.444. The van der Waals surface area contributed by atoms with Gasteiger partial charge < -0.3 is 14.8 Å². The lowest BCUT2D eigenvalue weighted by Gasteiger charge is -2.02. The number of carbonyl (C=O) groups is 2. The van der Waals surface area contributed by atoms with Crippen LogP contribution in [0.4, 0.5) is 0 Å². The van der Waals surface area contributed by atoms with Crippen molar-refractivity contribution in [1.29, 1.82) is 0 Å². The molecule has 1 amide bonds. The van der Waals surface area contributed by atoms with Crippen LogP contribution >= 0.6 is 0 Å². The van der Waals surface area contributed by atoms with Gasteiger partial charge >= 0.3 is 5.97 Å². The molecule has 0 saturated carbocycles. The normalized spacial score (nSPS) is 10.9. The molecule has 2 N–H and O–H groups in total. The van der Waals surface area contributed by atoms with E-state index in [1.54, 1.807) is 6.07 Å². The van der Waals surface area contributed by atoms with E-state index >= 15 is 0 Å². The van der Waals surface area contributed by atoms with Crippen molar-refractivity contribution in [1.82, 2.24) is 5.32 Å². The molecule has 2 aromatic rings. The fourth-order valence-electron chi connectivity index (χ4n) is 2.46. The monoisotopic (exact) mass is 317 g/mol. The summed E-state index contributed by atoms with van der Waals surface area (Å²) in [6, 6.07) is 5.74. The van der Waals surface area contributed by atoms with Crippen molar-refractivity contribution < 1.29 is 19.1 Å². The van der Waals surface area contributed by atoms with Crippen molar-refractivity contribution in [3.05, 3.63) is 35.1 Å². The first-order valence-electron chi connectivity index (χ1n) is 7.98. The second-order valence-electron chi connectivity index (χ2n) is 5.90. The molecule has 23 heavy (non-hydrogen) atoms. The average molecular weight is 317 g/mol. The fourth-order valence-corrected chi connectivity index (χ4v) is 2.46. The van der Waals surface area contributed by atoms with Gasteiger partial charge in [-0.3, -0.25) is 9.59 Å². The molecule has 124 valence electrons. The minimum atomic E-state index is -0.756. The summed E-state index contributed by atoms with van der Waals surface area (Å²) < 4.78 is 5.61. The van der Waals surface area contributed by atoms with Gasteiger partial charge in [0.25, 0.3) is 5.91 Å². The molecular formula is C18H23NO4. The van der Waals surface area contributed by atoms with Crippen LogP contribution in [0, 0.1) is 13.8 Å². The maximum absolute atomic E-state index is 12.1. The van der Waals surface area contributed by atoms with E-state index in [1.807, 2.05) is 26.0 Å². The van der Waals surface area contributed by atoms with Crippen LogP contribution in [0.3, 0.4) is 0 Å². The van der Waals surface area contributed by atoms with Gasteiger partial charge in [0.1, 0.15) is 5.58 Å². The Morgan fingerprint density at radius 3 is 2.48 bits per heavy atom. The first kappa shape index (κ1) is 17.1. The molecule has 2 rings (SSSR count). The van der Waals surface area contributed by atoms with Crippen LogP contribution in [0.25, 0.3) is 11.0 Å². The van der Waals surface area contributed by atoms with Gasteiger partial charge in [-0.2, -0.15) is 0 Å². The van der Waals surface area contributed by atoms with Crippen molar-refractivity contribution >= 4 is 22.8 Å². The summed E-state index contributed by atoms with van der Waals surface area (Å²) in [5.41, 5.74) is 3.04. The molecule has 0 saturated heterocycles. The zero-order chi connectivity index (χ0) is 16.8. The predicted molar refractivity (Wildman–Crippen MR) is 88.7 cm³/mol. The number of amides is 1. The Morgan fingerprint density at radius 1 is 1.04 bits per heavy atom. The number of rotatable bonds is 8. The van der Waals surface area contributed by atoms with Crippen molar-refractivity contribution in [2.75, 3.05) is 6.54 Å². The second kappa shape index (κ2) is 7.81. The van der Waals surface area contributed by atoms with Crippen LogP contribution in [0.2, 0.25) is 0 Å². The molecule has 0 aliphatic rings. The Balaban J connectivity index is 1.79. The number of carbonyl (C=O) groups excluding carboxylic acids is 1. The molecule has 0 spiro atoms. The second-order valence-corrected chi connectivity index (χ2v) is 5.90. The Hall–Kier alpha value is -2.30. The maximum atomic E-state index is 12.1. The summed E-state index contributed by atoms with van der Waals surface area (Å²) in [4.78, 5) is 22.5. The summed E-state index contributed by atoms with van der Waals surface area (Å²) in [5, 5.41) is 12.3. The summed E-state index contributed by atoms with van der Waals surface area (Å²) in [5.74, 6) is -0.633. The van der Waals surface area contributed by atoms with E-state index in [4.69, 9.17) is 9.52 Å². The van der Waals surface area contributed by atoms with Gasteiger partial charge in [0.2, 0.25) is 0 Å². The quantitative estimate of drug-likeness (QED) is 0.725. The van der Waals surface area contributed by atoms with Crippen LogP contribution < -0.4 is 5.32 Å². The Bertz CT molecular complexity index is 663. The smallest absolute Gasteiger partial charge is 0.303 e. The Morgan fingerprint density at radius 2 is 1.74 bits per heavy atom. The topological polar surface area (TPSA) is 79.5 Å². The lowest BCUT2D eigenvalue weighted by molar-refractivity contribution is -0.137. The number of furan rings is 1. The molecule has 1 aromatic heterocycles. The highest BCUT2D eigenvalue weighted by atomic mass is 16.4. The number of hydrogen-bond donors (Lipinski definition) is 2. The summed E-state index contributed by atoms with van der Waals surface area (Å²) in [6.07, 6.45) is 3.51. The molecule has 0 aliphatic heterocycles. The molecule has 0 radical (unpaired) electrons. The number of aryl methyl sites for hydroxylation is 2. The van der Waals surface area contributed by atoms with Crippen LogP contribution in [0.1, 0.15) is 53.8 Å². The molecular weight excluding hydrogens is 294 g/mol. The number of nitrogens with one attached hydrogen (secondary N) is 1. The van der Waals surface area contributed by atoms with Gasteiger partial charge in [-0.25, -0.2) is 0 Å². The van der Waals surface area contributed by atoms with Gasteiger partial charge in [0.05, 0.1) is 0 Å². The van der Waals surface area contributed by atoms with Crippen molar-refractivity contribution in [3.63, 3.8) is 0 Å². The molecule has 5 nitrogen and oxygen atoms in total. The largest absolute Gasteiger partial charge is 0.481 e. The number of aliphatic carboxylic acids is 1. The zero-order valence-electron chi connectivity index (χ0n) is 13.6. The van der Waals surface area contributed by atoms with E-state index < -0.39 is 5.97 Å². The maximum Gasteiger partial charge on any atom is 0.303 e. The highest BCUT2D eigenvalue weighted by molar-refractivity contribution is 5.96. The minimum absolute atomic E-state index is 0.206. The van der Waals surface area contributed by atoms with Crippen LogP contribution in [0.5, 0.6) is 0 Å². The number of carboxylic acids is 1. The average Bonchev–Trinajstić information content (AvgIpc) is 2.89. The van der Waals surface area contributed by atoms with Gasteiger partial charge in [0.15, 0.2) is 5.76 Å². The Labute approximate surface area is 135 Å². The number of benzene rings is 1. The van der Waals surface area contributed by atoms with E-state index in [0.717, 1.165) is 35.8 Å². The molecule has 0 fully saturated rings. The zero-order valence-corrected chi connectivity index (χ0v) is 13.6. The molecule has 0 bridgehead atoms. The van der Waals surface area contributed by atoms with E-state index in [9.17, 15) is 9.59 Å². The summed E-state index contributed by atoms with van der Waals surface area (Å²) >= 11 is 0. The van der Waals surface area contributed by atoms with Crippen LogP contribution in [0.15, 0.2) is 22.6 Å². The molecule has 5 heteroatoms. The number of hydrogen-bond acceptors (Lipinski definition) is 3. The van der Waals surface area contributed by atoms with Gasteiger partial charge in [-0.05, 0) is 56.0 Å². The van der Waals surface area contributed by atoms with E-state index in [0.29, 0.717) is 18.7 Å². The summed E-state index contributed by atoms with van der Waals surface area (Å²) in [6.45, 7) is 4.62. The molecule has 1 heterocycles. The van der Waals surface area contributed by atoms with Crippen LogP contribution in [-0.2, 0) is 4.79 Å². The van der Waals surface area contributed by atoms with Crippen molar-refractivity contribution in [3.8, 4) is 0 Å². The molecule has 0 atom stereocenters.